The summed E-state index contributed by atoms with van der Waals surface area (Å²) in [5.41, 5.74) is 3.38. The molecule has 0 aliphatic heterocycles. The van der Waals surface area contributed by atoms with Gasteiger partial charge in [0.1, 0.15) is 11.4 Å². The van der Waals surface area contributed by atoms with Gasteiger partial charge in [0.15, 0.2) is 5.58 Å². The van der Waals surface area contributed by atoms with Crippen LogP contribution in [0.2, 0.25) is 0 Å². The second kappa shape index (κ2) is 6.81. The van der Waals surface area contributed by atoms with Crippen LogP contribution < -0.4 is 5.32 Å². The van der Waals surface area contributed by atoms with E-state index in [1.165, 1.54) is 11.8 Å². The Kier molecular flexibility index (Phi) is 4.37. The molecular weight excluding hydrogens is 356 g/mol. The zero-order valence-corrected chi connectivity index (χ0v) is 14.9. The maximum atomic E-state index is 12.2. The van der Waals surface area contributed by atoms with Gasteiger partial charge in [-0.25, -0.2) is 0 Å². The summed E-state index contributed by atoms with van der Waals surface area (Å²) >= 11 is 2.99. The number of hydrogen-bond donors (Lipinski definition) is 1. The van der Waals surface area contributed by atoms with E-state index < -0.39 is 0 Å². The fourth-order valence-electron chi connectivity index (χ4n) is 2.55. The summed E-state index contributed by atoms with van der Waals surface area (Å²) in [4.78, 5) is 13.3. The van der Waals surface area contributed by atoms with Crippen LogP contribution >= 0.6 is 23.5 Å². The molecule has 4 aromatic rings. The van der Waals surface area contributed by atoms with Crippen molar-refractivity contribution in [3.05, 3.63) is 49.0 Å². The van der Waals surface area contributed by atoms with Crippen LogP contribution in [0.1, 0.15) is 0 Å². The molecule has 3 aromatic heterocycles. The van der Waals surface area contributed by atoms with Crippen LogP contribution in [0.3, 0.4) is 0 Å². The number of thioether (sulfide) groups is 2. The van der Waals surface area contributed by atoms with E-state index in [1.54, 1.807) is 24.4 Å². The summed E-state index contributed by atoms with van der Waals surface area (Å²) in [6.07, 6.45) is 5.29. The predicted octanol–water partition coefficient (Wildman–Crippen LogP) is 3.93. The lowest BCUT2D eigenvalue weighted by molar-refractivity contribution is -0.113. The SMILES string of the molecule is CSc1cccc(NC(=O)CSc2nncn3c2cc2occc23)c1. The number of nitrogens with zero attached hydrogens (tertiary/aromatic N) is 3. The molecule has 0 aliphatic rings. The summed E-state index contributed by atoms with van der Waals surface area (Å²) in [5.74, 6) is 0.173. The monoisotopic (exact) mass is 370 g/mol. The van der Waals surface area contributed by atoms with Crippen LogP contribution in [0.15, 0.2) is 63.3 Å². The van der Waals surface area contributed by atoms with Crippen LogP contribution in [0, 0.1) is 0 Å². The van der Waals surface area contributed by atoms with Gasteiger partial charge in [0.05, 0.1) is 23.0 Å². The maximum absolute atomic E-state index is 12.2. The molecule has 0 aliphatic carbocycles. The van der Waals surface area contributed by atoms with Gasteiger partial charge >= 0.3 is 0 Å². The van der Waals surface area contributed by atoms with E-state index in [0.29, 0.717) is 5.03 Å². The van der Waals surface area contributed by atoms with Crippen LogP contribution in [0.5, 0.6) is 0 Å². The van der Waals surface area contributed by atoms with Gasteiger partial charge in [0.2, 0.25) is 5.91 Å². The molecule has 0 bridgehead atoms. The van der Waals surface area contributed by atoms with Crippen molar-refractivity contribution in [3.63, 3.8) is 0 Å². The Morgan fingerprint density at radius 1 is 1.28 bits per heavy atom. The Labute approximate surface area is 152 Å². The smallest absolute Gasteiger partial charge is 0.234 e. The molecule has 1 aromatic carbocycles. The Morgan fingerprint density at radius 2 is 2.20 bits per heavy atom. The third-order valence-corrected chi connectivity index (χ3v) is 5.38. The Balaban J connectivity index is 1.49. The summed E-state index contributed by atoms with van der Waals surface area (Å²) in [6.45, 7) is 0. The van der Waals surface area contributed by atoms with Crippen molar-refractivity contribution in [2.75, 3.05) is 17.3 Å². The Hall–Kier alpha value is -2.45. The highest BCUT2D eigenvalue weighted by Gasteiger charge is 2.12. The largest absolute Gasteiger partial charge is 0.463 e. The van der Waals surface area contributed by atoms with E-state index in [2.05, 4.69) is 15.5 Å². The number of aromatic nitrogens is 3. The fourth-order valence-corrected chi connectivity index (χ4v) is 3.76. The number of amides is 1. The van der Waals surface area contributed by atoms with E-state index >= 15 is 0 Å². The van der Waals surface area contributed by atoms with E-state index in [0.717, 1.165) is 27.2 Å². The molecule has 0 spiro atoms. The number of benzene rings is 1. The van der Waals surface area contributed by atoms with Gasteiger partial charge in [-0.05, 0) is 24.5 Å². The molecule has 0 unspecified atom stereocenters. The van der Waals surface area contributed by atoms with Crippen LogP contribution in [-0.4, -0.2) is 32.5 Å². The van der Waals surface area contributed by atoms with E-state index in [1.807, 2.05) is 47.1 Å². The predicted molar refractivity (Wildman–Crippen MR) is 100 cm³/mol. The highest BCUT2D eigenvalue weighted by atomic mass is 32.2. The van der Waals surface area contributed by atoms with Gasteiger partial charge < -0.3 is 9.73 Å². The minimum absolute atomic E-state index is 0.0812. The Bertz CT molecular complexity index is 1060. The highest BCUT2D eigenvalue weighted by Crippen LogP contribution is 2.27. The molecule has 0 atom stereocenters. The standard InChI is InChI=1S/C17H14N4O2S2/c1-24-12-4-2-3-11(7-12)19-16(22)9-25-17-14-8-15-13(5-6-23-15)21(14)10-18-20-17/h2-8,10H,9H2,1H3,(H,19,22). The lowest BCUT2D eigenvalue weighted by Gasteiger charge is -2.06. The molecule has 8 heteroatoms. The summed E-state index contributed by atoms with van der Waals surface area (Å²) in [5, 5.41) is 11.8. The summed E-state index contributed by atoms with van der Waals surface area (Å²) in [7, 11) is 0. The lowest BCUT2D eigenvalue weighted by Crippen LogP contribution is -2.14. The molecule has 0 saturated heterocycles. The number of carbonyl (C=O) groups excluding carboxylic acids is 1. The van der Waals surface area contributed by atoms with Crippen molar-refractivity contribution >= 4 is 51.7 Å². The van der Waals surface area contributed by atoms with Crippen LogP contribution in [-0.2, 0) is 4.79 Å². The molecule has 3 heterocycles. The number of fused-ring (bicyclic) bond motifs is 3. The minimum Gasteiger partial charge on any atom is -0.463 e. The first-order valence-electron chi connectivity index (χ1n) is 7.51. The topological polar surface area (TPSA) is 72.4 Å². The van der Waals surface area contributed by atoms with Crippen molar-refractivity contribution in [2.45, 2.75) is 9.92 Å². The molecule has 25 heavy (non-hydrogen) atoms. The number of carbonyl (C=O) groups is 1. The molecule has 0 saturated carbocycles. The van der Waals surface area contributed by atoms with Crippen LogP contribution in [0.4, 0.5) is 5.69 Å². The first-order chi connectivity index (χ1) is 12.2. The van der Waals surface area contributed by atoms with Gasteiger partial charge in [0, 0.05) is 22.7 Å². The van der Waals surface area contributed by atoms with E-state index in [4.69, 9.17) is 4.42 Å². The number of furan rings is 1. The van der Waals surface area contributed by atoms with Gasteiger partial charge in [-0.15, -0.1) is 22.0 Å². The molecule has 6 nitrogen and oxygen atoms in total. The van der Waals surface area contributed by atoms with Gasteiger partial charge in [-0.1, -0.05) is 17.8 Å². The number of anilines is 1. The maximum Gasteiger partial charge on any atom is 0.234 e. The average molecular weight is 370 g/mol. The number of rotatable bonds is 5. The normalized spacial score (nSPS) is 11.2. The van der Waals surface area contributed by atoms with Crippen molar-refractivity contribution in [3.8, 4) is 0 Å². The van der Waals surface area contributed by atoms with Gasteiger partial charge in [0.25, 0.3) is 0 Å². The quantitative estimate of drug-likeness (QED) is 0.537. The molecule has 0 radical (unpaired) electrons. The molecule has 126 valence electrons. The minimum atomic E-state index is -0.0812. The highest BCUT2D eigenvalue weighted by molar-refractivity contribution is 8.00. The molecule has 0 fully saturated rings. The van der Waals surface area contributed by atoms with Crippen molar-refractivity contribution < 1.29 is 9.21 Å². The third kappa shape index (κ3) is 3.22. The second-order valence-electron chi connectivity index (χ2n) is 5.27. The molecular formula is C17H14N4O2S2. The zero-order valence-electron chi connectivity index (χ0n) is 13.3. The molecule has 1 N–H and O–H groups in total. The van der Waals surface area contributed by atoms with E-state index in [-0.39, 0.29) is 11.7 Å². The molecule has 1 amide bonds. The van der Waals surface area contributed by atoms with Crippen molar-refractivity contribution in [1.82, 2.24) is 14.6 Å². The van der Waals surface area contributed by atoms with Gasteiger partial charge in [-0.2, -0.15) is 0 Å². The lowest BCUT2D eigenvalue weighted by atomic mass is 10.3. The second-order valence-corrected chi connectivity index (χ2v) is 7.12. The van der Waals surface area contributed by atoms with Gasteiger partial charge in [-0.3, -0.25) is 9.20 Å². The first kappa shape index (κ1) is 16.0. The summed E-state index contributed by atoms with van der Waals surface area (Å²) in [6, 6.07) is 11.6. The fraction of sp³-hybridized carbons (Fsp3) is 0.118. The van der Waals surface area contributed by atoms with Crippen molar-refractivity contribution in [2.24, 2.45) is 0 Å². The summed E-state index contributed by atoms with van der Waals surface area (Å²) < 4.78 is 7.33. The first-order valence-corrected chi connectivity index (χ1v) is 9.72. The third-order valence-electron chi connectivity index (χ3n) is 3.69. The Morgan fingerprint density at radius 3 is 3.08 bits per heavy atom. The van der Waals surface area contributed by atoms with Crippen LogP contribution in [0.25, 0.3) is 16.6 Å². The number of nitrogens with one attached hydrogen (secondary N) is 1. The molecule has 4 rings (SSSR count). The zero-order chi connectivity index (χ0) is 17.2. The number of hydrogen-bond acceptors (Lipinski definition) is 6. The average Bonchev–Trinajstić information content (AvgIpc) is 3.21. The van der Waals surface area contributed by atoms with Crippen molar-refractivity contribution in [1.29, 1.82) is 0 Å². The van der Waals surface area contributed by atoms with E-state index in [9.17, 15) is 4.79 Å².